The first-order valence-corrected chi connectivity index (χ1v) is 8.45. The van der Waals surface area contributed by atoms with E-state index in [1.54, 1.807) is 6.07 Å². The van der Waals surface area contributed by atoms with Gasteiger partial charge in [-0.3, -0.25) is 4.79 Å². The molecule has 23 heavy (non-hydrogen) atoms. The van der Waals surface area contributed by atoms with Crippen molar-refractivity contribution in [2.45, 2.75) is 39.0 Å². The number of carbonyl (C=O) groups excluding carboxylic acids is 1. The quantitative estimate of drug-likeness (QED) is 0.394. The fourth-order valence-corrected chi connectivity index (χ4v) is 2.57. The molecule has 0 aliphatic heterocycles. The van der Waals surface area contributed by atoms with Gasteiger partial charge in [-0.15, -0.1) is 0 Å². The van der Waals surface area contributed by atoms with Gasteiger partial charge in [0.1, 0.15) is 0 Å². The maximum Gasteiger partial charge on any atom is 0.193 e. The Kier molecular flexibility index (Phi) is 6.67. The van der Waals surface area contributed by atoms with Crippen LogP contribution in [0.2, 0.25) is 0 Å². The molecule has 2 aromatic carbocycles. The van der Waals surface area contributed by atoms with Gasteiger partial charge < -0.3 is 11.1 Å². The highest BCUT2D eigenvalue weighted by atomic mass is 16.1. The van der Waals surface area contributed by atoms with Gasteiger partial charge in [-0.2, -0.15) is 0 Å². The highest BCUT2D eigenvalue weighted by molar-refractivity contribution is 6.09. The molecule has 2 rings (SSSR count). The summed E-state index contributed by atoms with van der Waals surface area (Å²) in [6.45, 7) is 3.14. The Morgan fingerprint density at radius 3 is 2.39 bits per heavy atom. The highest BCUT2D eigenvalue weighted by Gasteiger charge is 2.10. The second-order valence-corrected chi connectivity index (χ2v) is 5.84. The summed E-state index contributed by atoms with van der Waals surface area (Å²) in [7, 11) is 0. The van der Waals surface area contributed by atoms with Crippen LogP contribution in [-0.2, 0) is 0 Å². The molecule has 0 aliphatic carbocycles. The van der Waals surface area contributed by atoms with Crippen molar-refractivity contribution in [1.29, 1.82) is 0 Å². The highest BCUT2D eigenvalue weighted by Crippen LogP contribution is 2.22. The van der Waals surface area contributed by atoms with Crippen LogP contribution in [0.5, 0.6) is 0 Å². The van der Waals surface area contributed by atoms with Gasteiger partial charge in [-0.1, -0.05) is 62.9 Å². The average Bonchev–Trinajstić information content (AvgIpc) is 2.59. The Balaban J connectivity index is 1.91. The van der Waals surface area contributed by atoms with Crippen LogP contribution in [0.15, 0.2) is 48.5 Å². The fourth-order valence-electron chi connectivity index (χ4n) is 2.57. The third kappa shape index (κ3) is 5.13. The summed E-state index contributed by atoms with van der Waals surface area (Å²) in [5, 5.41) is 3.36. The van der Waals surface area contributed by atoms with E-state index in [0.29, 0.717) is 16.8 Å². The van der Waals surface area contributed by atoms with Crippen LogP contribution in [0.3, 0.4) is 0 Å². The van der Waals surface area contributed by atoms with E-state index in [2.05, 4.69) is 12.2 Å². The number of nitrogen functional groups attached to an aromatic ring is 1. The van der Waals surface area contributed by atoms with E-state index < -0.39 is 0 Å². The first-order chi connectivity index (χ1) is 11.2. The van der Waals surface area contributed by atoms with E-state index in [4.69, 9.17) is 5.73 Å². The van der Waals surface area contributed by atoms with Crippen LogP contribution in [0.1, 0.15) is 54.9 Å². The molecule has 3 heteroatoms. The summed E-state index contributed by atoms with van der Waals surface area (Å²) in [4.78, 5) is 12.4. The fraction of sp³-hybridized carbons (Fsp3) is 0.350. The summed E-state index contributed by atoms with van der Waals surface area (Å²) >= 11 is 0. The third-order valence-corrected chi connectivity index (χ3v) is 3.95. The molecule has 0 saturated carbocycles. The molecule has 0 amide bonds. The second-order valence-electron chi connectivity index (χ2n) is 5.84. The van der Waals surface area contributed by atoms with Gasteiger partial charge in [-0.25, -0.2) is 0 Å². The maximum atomic E-state index is 12.4. The number of carbonyl (C=O) groups is 1. The number of nitrogens with two attached hydrogens (primary N) is 1. The molecular formula is C20H26N2O. The van der Waals surface area contributed by atoms with Gasteiger partial charge in [0, 0.05) is 17.7 Å². The first-order valence-electron chi connectivity index (χ1n) is 8.45. The zero-order valence-electron chi connectivity index (χ0n) is 13.8. The monoisotopic (exact) mass is 310 g/mol. The smallest absolute Gasteiger partial charge is 0.193 e. The summed E-state index contributed by atoms with van der Waals surface area (Å²) in [6.07, 6.45) is 6.24. The number of rotatable bonds is 9. The van der Waals surface area contributed by atoms with Crippen molar-refractivity contribution in [1.82, 2.24) is 0 Å². The second kappa shape index (κ2) is 8.99. The van der Waals surface area contributed by atoms with Crippen LogP contribution >= 0.6 is 0 Å². The predicted octanol–water partition coefficient (Wildman–Crippen LogP) is 4.88. The molecule has 122 valence electrons. The van der Waals surface area contributed by atoms with Gasteiger partial charge in [0.2, 0.25) is 0 Å². The molecule has 0 saturated heterocycles. The third-order valence-electron chi connectivity index (χ3n) is 3.95. The minimum Gasteiger partial charge on any atom is -0.397 e. The van der Waals surface area contributed by atoms with Crippen LogP contribution in [0.25, 0.3) is 0 Å². The zero-order chi connectivity index (χ0) is 16.5. The molecular weight excluding hydrogens is 284 g/mol. The molecule has 0 fully saturated rings. The number of unbranched alkanes of at least 4 members (excludes halogenated alkanes) is 4. The normalized spacial score (nSPS) is 10.5. The summed E-state index contributed by atoms with van der Waals surface area (Å²) in [6, 6.07) is 14.8. The Hall–Kier alpha value is -2.29. The van der Waals surface area contributed by atoms with Crippen molar-refractivity contribution in [3.05, 3.63) is 59.7 Å². The van der Waals surface area contributed by atoms with E-state index in [0.717, 1.165) is 18.7 Å². The van der Waals surface area contributed by atoms with E-state index in [-0.39, 0.29) is 5.78 Å². The summed E-state index contributed by atoms with van der Waals surface area (Å²) < 4.78 is 0. The van der Waals surface area contributed by atoms with E-state index in [1.165, 1.54) is 25.7 Å². The number of ketones is 1. The SMILES string of the molecule is CCCCCCCNc1ccc(C(=O)c2ccccc2)cc1N. The van der Waals surface area contributed by atoms with Crippen molar-refractivity contribution >= 4 is 17.2 Å². The van der Waals surface area contributed by atoms with Crippen molar-refractivity contribution in [3.63, 3.8) is 0 Å². The number of nitrogens with one attached hydrogen (secondary N) is 1. The Bertz CT molecular complexity index is 623. The van der Waals surface area contributed by atoms with Gasteiger partial charge in [0.05, 0.1) is 11.4 Å². The van der Waals surface area contributed by atoms with Gasteiger partial charge >= 0.3 is 0 Å². The van der Waals surface area contributed by atoms with Gasteiger partial charge in [-0.05, 0) is 24.6 Å². The molecule has 0 bridgehead atoms. The van der Waals surface area contributed by atoms with Gasteiger partial charge in [0.15, 0.2) is 5.78 Å². The number of anilines is 2. The number of hydrogen-bond donors (Lipinski definition) is 2. The van der Waals surface area contributed by atoms with Crippen molar-refractivity contribution in [2.24, 2.45) is 0 Å². The molecule has 3 nitrogen and oxygen atoms in total. The van der Waals surface area contributed by atoms with Crippen molar-refractivity contribution in [3.8, 4) is 0 Å². The summed E-state index contributed by atoms with van der Waals surface area (Å²) in [5.41, 5.74) is 8.93. The van der Waals surface area contributed by atoms with Crippen molar-refractivity contribution < 1.29 is 4.79 Å². The van der Waals surface area contributed by atoms with E-state index >= 15 is 0 Å². The minimum absolute atomic E-state index is 0.00316. The molecule has 0 heterocycles. The van der Waals surface area contributed by atoms with Gasteiger partial charge in [0.25, 0.3) is 0 Å². The zero-order valence-corrected chi connectivity index (χ0v) is 13.8. The molecule has 0 atom stereocenters. The topological polar surface area (TPSA) is 55.1 Å². The Labute approximate surface area is 138 Å². The molecule has 2 aromatic rings. The predicted molar refractivity (Wildman–Crippen MR) is 98.0 cm³/mol. The largest absolute Gasteiger partial charge is 0.397 e. The van der Waals surface area contributed by atoms with Crippen LogP contribution < -0.4 is 11.1 Å². The Morgan fingerprint density at radius 1 is 0.957 bits per heavy atom. The summed E-state index contributed by atoms with van der Waals surface area (Å²) in [5.74, 6) is 0.00316. The lowest BCUT2D eigenvalue weighted by Crippen LogP contribution is -2.07. The molecule has 0 unspecified atom stereocenters. The first kappa shape index (κ1) is 17.1. The lowest BCUT2D eigenvalue weighted by Gasteiger charge is -2.11. The number of benzene rings is 2. The molecule has 0 aliphatic rings. The molecule has 3 N–H and O–H groups in total. The molecule has 0 aromatic heterocycles. The van der Waals surface area contributed by atoms with E-state index in [1.807, 2.05) is 42.5 Å². The van der Waals surface area contributed by atoms with Crippen LogP contribution in [0.4, 0.5) is 11.4 Å². The van der Waals surface area contributed by atoms with Crippen LogP contribution in [-0.4, -0.2) is 12.3 Å². The molecule has 0 spiro atoms. The molecule has 0 radical (unpaired) electrons. The standard InChI is InChI=1S/C20H26N2O/c1-2-3-4-5-9-14-22-19-13-12-17(15-18(19)21)20(23)16-10-7-6-8-11-16/h6-8,10-13,15,22H,2-5,9,14,21H2,1H3. The minimum atomic E-state index is 0.00316. The number of hydrogen-bond acceptors (Lipinski definition) is 3. The lowest BCUT2D eigenvalue weighted by molar-refractivity contribution is 0.103. The Morgan fingerprint density at radius 2 is 1.70 bits per heavy atom. The van der Waals surface area contributed by atoms with E-state index in [9.17, 15) is 4.79 Å². The van der Waals surface area contributed by atoms with Crippen molar-refractivity contribution in [2.75, 3.05) is 17.6 Å². The maximum absolute atomic E-state index is 12.4. The average molecular weight is 310 g/mol. The lowest BCUT2D eigenvalue weighted by atomic mass is 10.0. The van der Waals surface area contributed by atoms with Crippen LogP contribution in [0, 0.1) is 0 Å².